The molecule has 152 valence electrons. The van der Waals surface area contributed by atoms with Crippen LogP contribution in [0.4, 0.5) is 16.2 Å². The molecule has 0 saturated heterocycles. The molecular weight excluding hydrogens is 392 g/mol. The Labute approximate surface area is 172 Å². The van der Waals surface area contributed by atoms with Gasteiger partial charge in [0.05, 0.1) is 4.92 Å². The summed E-state index contributed by atoms with van der Waals surface area (Å²) in [5.74, 6) is 0. The lowest BCUT2D eigenvalue weighted by atomic mass is 10.1. The summed E-state index contributed by atoms with van der Waals surface area (Å²) in [4.78, 5) is 27.5. The quantitative estimate of drug-likeness (QED) is 0.441. The predicted octanol–water partition coefficient (Wildman–Crippen LogP) is 4.84. The minimum Gasteiger partial charge on any atom is -0.444 e. The van der Waals surface area contributed by atoms with Gasteiger partial charge in [-0.2, -0.15) is 0 Å². The zero-order valence-corrected chi connectivity index (χ0v) is 17.2. The van der Waals surface area contributed by atoms with Gasteiger partial charge in [-0.1, -0.05) is 24.3 Å². The molecule has 0 unspecified atom stereocenters. The van der Waals surface area contributed by atoms with E-state index in [1.54, 1.807) is 0 Å². The fourth-order valence-corrected chi connectivity index (χ4v) is 3.44. The second-order valence-corrected chi connectivity index (χ2v) is 8.34. The maximum atomic E-state index is 11.7. The van der Waals surface area contributed by atoms with E-state index in [4.69, 9.17) is 4.74 Å². The first-order valence-electron chi connectivity index (χ1n) is 9.02. The smallest absolute Gasteiger partial charge is 0.407 e. The zero-order valence-electron chi connectivity index (χ0n) is 16.4. The van der Waals surface area contributed by atoms with E-state index in [0.29, 0.717) is 18.8 Å². The standard InChI is InChI=1S/C20H22N4O4S/c1-20(2,3)28-19(25)23-11-14-6-4-13(5-7-14)10-21-17-15-8-9-29-18(15)22-12-16(17)24(26)27/h4-9,12H,10-11H2,1-3H3,(H,21,22)(H,23,25). The van der Waals surface area contributed by atoms with Crippen molar-refractivity contribution in [1.29, 1.82) is 0 Å². The number of amides is 1. The van der Waals surface area contributed by atoms with Gasteiger partial charge < -0.3 is 15.4 Å². The maximum Gasteiger partial charge on any atom is 0.407 e. The predicted molar refractivity (Wildman–Crippen MR) is 113 cm³/mol. The van der Waals surface area contributed by atoms with Crippen LogP contribution < -0.4 is 10.6 Å². The van der Waals surface area contributed by atoms with E-state index in [2.05, 4.69) is 15.6 Å². The molecule has 0 bridgehead atoms. The molecule has 1 aromatic carbocycles. The fraction of sp³-hybridized carbons (Fsp3) is 0.300. The van der Waals surface area contributed by atoms with Crippen molar-refractivity contribution in [2.24, 2.45) is 0 Å². The first-order chi connectivity index (χ1) is 13.7. The first-order valence-corrected chi connectivity index (χ1v) is 9.90. The Morgan fingerprint density at radius 3 is 2.45 bits per heavy atom. The molecule has 3 rings (SSSR count). The Kier molecular flexibility index (Phi) is 5.97. The molecule has 0 aliphatic carbocycles. The van der Waals surface area contributed by atoms with Gasteiger partial charge >= 0.3 is 11.8 Å². The van der Waals surface area contributed by atoms with E-state index >= 15 is 0 Å². The van der Waals surface area contributed by atoms with Crippen LogP contribution in [0.25, 0.3) is 10.2 Å². The molecular formula is C20H22N4O4S. The second kappa shape index (κ2) is 8.44. The third-order valence-electron chi connectivity index (χ3n) is 4.00. The summed E-state index contributed by atoms with van der Waals surface area (Å²) in [7, 11) is 0. The number of nitro groups is 1. The maximum absolute atomic E-state index is 11.7. The van der Waals surface area contributed by atoms with Gasteiger partial charge in [0.1, 0.15) is 22.3 Å². The highest BCUT2D eigenvalue weighted by molar-refractivity contribution is 7.16. The van der Waals surface area contributed by atoms with Gasteiger partial charge in [0.15, 0.2) is 0 Å². The highest BCUT2D eigenvalue weighted by Crippen LogP contribution is 2.34. The van der Waals surface area contributed by atoms with E-state index in [0.717, 1.165) is 21.3 Å². The van der Waals surface area contributed by atoms with E-state index in [9.17, 15) is 14.9 Å². The number of nitrogens with one attached hydrogen (secondary N) is 2. The molecule has 3 aromatic rings. The van der Waals surface area contributed by atoms with E-state index in [1.165, 1.54) is 17.5 Å². The summed E-state index contributed by atoms with van der Waals surface area (Å²) >= 11 is 1.44. The Morgan fingerprint density at radius 2 is 1.83 bits per heavy atom. The summed E-state index contributed by atoms with van der Waals surface area (Å²) in [6.07, 6.45) is 0.820. The van der Waals surface area contributed by atoms with Crippen molar-refractivity contribution in [3.05, 3.63) is 63.1 Å². The number of carbonyl (C=O) groups excluding carboxylic acids is 1. The summed E-state index contributed by atoms with van der Waals surface area (Å²) in [5.41, 5.74) is 1.77. The largest absolute Gasteiger partial charge is 0.444 e. The van der Waals surface area contributed by atoms with Crippen LogP contribution in [0.5, 0.6) is 0 Å². The Bertz CT molecular complexity index is 1030. The van der Waals surface area contributed by atoms with Gasteiger partial charge in [0.2, 0.25) is 0 Å². The van der Waals surface area contributed by atoms with Crippen LogP contribution in [-0.2, 0) is 17.8 Å². The minimum absolute atomic E-state index is 0.0471. The van der Waals surface area contributed by atoms with Gasteiger partial charge in [-0.05, 0) is 43.3 Å². The number of rotatable bonds is 6. The van der Waals surface area contributed by atoms with Gasteiger partial charge in [0, 0.05) is 18.5 Å². The highest BCUT2D eigenvalue weighted by atomic mass is 32.1. The van der Waals surface area contributed by atoms with Crippen LogP contribution in [-0.4, -0.2) is 21.6 Å². The van der Waals surface area contributed by atoms with Gasteiger partial charge in [-0.15, -0.1) is 11.3 Å². The SMILES string of the molecule is CC(C)(C)OC(=O)NCc1ccc(CNc2c([N+](=O)[O-])cnc3sccc23)cc1. The minimum atomic E-state index is -0.539. The molecule has 0 aliphatic heterocycles. The Balaban J connectivity index is 1.63. The number of hydrogen-bond donors (Lipinski definition) is 2. The number of fused-ring (bicyclic) bond motifs is 1. The van der Waals surface area contributed by atoms with Crippen molar-refractivity contribution < 1.29 is 14.5 Å². The molecule has 1 amide bonds. The molecule has 0 saturated carbocycles. The lowest BCUT2D eigenvalue weighted by molar-refractivity contribution is -0.384. The number of aromatic nitrogens is 1. The number of ether oxygens (including phenoxy) is 1. The molecule has 8 nitrogen and oxygen atoms in total. The van der Waals surface area contributed by atoms with E-state index in [1.807, 2.05) is 56.5 Å². The molecule has 0 fully saturated rings. The number of hydrogen-bond acceptors (Lipinski definition) is 7. The van der Waals surface area contributed by atoms with Crippen LogP contribution in [0.1, 0.15) is 31.9 Å². The van der Waals surface area contributed by atoms with Crippen molar-refractivity contribution in [1.82, 2.24) is 10.3 Å². The summed E-state index contributed by atoms with van der Waals surface area (Å²) in [6.45, 7) is 6.21. The second-order valence-electron chi connectivity index (χ2n) is 7.44. The van der Waals surface area contributed by atoms with Crippen molar-refractivity contribution in [2.45, 2.75) is 39.5 Å². The van der Waals surface area contributed by atoms with Crippen LogP contribution in [0.3, 0.4) is 0 Å². The normalized spacial score (nSPS) is 11.3. The molecule has 0 spiro atoms. The average Bonchev–Trinajstić information content (AvgIpc) is 3.12. The average molecular weight is 414 g/mol. The number of thiophene rings is 1. The van der Waals surface area contributed by atoms with Gasteiger partial charge in [0.25, 0.3) is 0 Å². The number of alkyl carbamates (subject to hydrolysis) is 1. The van der Waals surface area contributed by atoms with Crippen LogP contribution in [0.2, 0.25) is 0 Å². The van der Waals surface area contributed by atoms with Crippen LogP contribution in [0, 0.1) is 10.1 Å². The van der Waals surface area contributed by atoms with E-state index in [-0.39, 0.29) is 5.69 Å². The topological polar surface area (TPSA) is 106 Å². The molecule has 9 heteroatoms. The number of anilines is 1. The lowest BCUT2D eigenvalue weighted by Gasteiger charge is -2.19. The lowest BCUT2D eigenvalue weighted by Crippen LogP contribution is -2.32. The fourth-order valence-electron chi connectivity index (χ4n) is 2.69. The Hall–Kier alpha value is -3.20. The van der Waals surface area contributed by atoms with Gasteiger partial charge in [-0.25, -0.2) is 9.78 Å². The molecule has 0 radical (unpaired) electrons. The molecule has 0 atom stereocenters. The van der Waals surface area contributed by atoms with Crippen molar-refractivity contribution in [2.75, 3.05) is 5.32 Å². The molecule has 0 aliphatic rings. The van der Waals surface area contributed by atoms with Crippen molar-refractivity contribution in [3.63, 3.8) is 0 Å². The third kappa shape index (κ3) is 5.41. The number of nitrogens with zero attached hydrogens (tertiary/aromatic N) is 2. The molecule has 2 N–H and O–H groups in total. The summed E-state index contributed by atoms with van der Waals surface area (Å²) < 4.78 is 5.21. The summed E-state index contributed by atoms with van der Waals surface area (Å²) in [6, 6.07) is 9.45. The molecule has 2 heterocycles. The van der Waals surface area contributed by atoms with E-state index < -0.39 is 16.6 Å². The Morgan fingerprint density at radius 1 is 1.17 bits per heavy atom. The first kappa shape index (κ1) is 20.5. The zero-order chi connectivity index (χ0) is 21.0. The molecule has 29 heavy (non-hydrogen) atoms. The molecule has 2 aromatic heterocycles. The summed E-state index contributed by atoms with van der Waals surface area (Å²) in [5, 5.41) is 19.8. The highest BCUT2D eigenvalue weighted by Gasteiger charge is 2.18. The monoisotopic (exact) mass is 414 g/mol. The third-order valence-corrected chi connectivity index (χ3v) is 4.82. The number of carbonyl (C=O) groups is 1. The number of benzene rings is 1. The van der Waals surface area contributed by atoms with Crippen LogP contribution >= 0.6 is 11.3 Å². The van der Waals surface area contributed by atoms with Crippen molar-refractivity contribution >= 4 is 39.0 Å². The van der Waals surface area contributed by atoms with Crippen molar-refractivity contribution in [3.8, 4) is 0 Å². The van der Waals surface area contributed by atoms with Crippen LogP contribution in [0.15, 0.2) is 41.9 Å². The number of pyridine rings is 1. The van der Waals surface area contributed by atoms with Gasteiger partial charge in [-0.3, -0.25) is 10.1 Å².